The molecule has 1 heterocycles. The van der Waals surface area contributed by atoms with Crippen LogP contribution in [0.2, 0.25) is 0 Å². The lowest BCUT2D eigenvalue weighted by Crippen LogP contribution is -2.41. The van der Waals surface area contributed by atoms with Crippen LogP contribution in [0.1, 0.15) is 17.5 Å². The molecule has 0 bridgehead atoms. The molecule has 0 spiro atoms. The van der Waals surface area contributed by atoms with Crippen LogP contribution in [0.25, 0.3) is 11.1 Å². The number of benzene rings is 2. The molecule has 2 aliphatic rings. The quantitative estimate of drug-likeness (QED) is 0.475. The van der Waals surface area contributed by atoms with Crippen molar-refractivity contribution in [3.8, 4) is 16.9 Å². The summed E-state index contributed by atoms with van der Waals surface area (Å²) >= 11 is -1.85. The van der Waals surface area contributed by atoms with E-state index in [-0.39, 0.29) is 35.9 Å². The average molecular weight is 515 g/mol. The molecule has 2 aromatic rings. The first-order valence-corrected chi connectivity index (χ1v) is 11.7. The Bertz CT molecular complexity index is 983. The number of nitrogens with zero attached hydrogens (tertiary/aromatic N) is 1. The molecule has 1 amide bonds. The average Bonchev–Trinajstić information content (AvgIpc) is 3.27. The highest BCUT2D eigenvalue weighted by atomic mass is 127. The highest BCUT2D eigenvalue weighted by Gasteiger charge is 2.58. The van der Waals surface area contributed by atoms with E-state index in [1.165, 1.54) is 17.0 Å². The van der Waals surface area contributed by atoms with Gasteiger partial charge in [-0.1, -0.05) is 34.8 Å². The number of fused-ring (bicyclic) bond motifs is 3. The van der Waals surface area contributed by atoms with Crippen LogP contribution in [0, 0.1) is 0 Å². The largest absolute Gasteiger partial charge is 0.484 e. The number of carbonyl (C=O) groups excluding carboxylic acids is 1. The van der Waals surface area contributed by atoms with Crippen LogP contribution < -0.4 is 4.74 Å². The summed E-state index contributed by atoms with van der Waals surface area (Å²) in [4.78, 5) is 13.7. The van der Waals surface area contributed by atoms with Crippen molar-refractivity contribution in [3.05, 3.63) is 53.6 Å². The summed E-state index contributed by atoms with van der Waals surface area (Å²) in [6.07, 6.45) is -0.000309. The van der Waals surface area contributed by atoms with Crippen LogP contribution in [0.3, 0.4) is 0 Å². The summed E-state index contributed by atoms with van der Waals surface area (Å²) < 4.78 is 35.4. The third kappa shape index (κ3) is 3.27. The fourth-order valence-electron chi connectivity index (χ4n) is 3.93. The van der Waals surface area contributed by atoms with E-state index in [9.17, 15) is 23.8 Å². The molecule has 1 aliphatic carbocycles. The number of β-amino-alcohol motifs (C(OH)–C–C–N with tert-alkyl or cyclic N) is 1. The van der Waals surface area contributed by atoms with E-state index in [2.05, 4.69) is 4.51 Å². The van der Waals surface area contributed by atoms with Gasteiger partial charge in [0.15, 0.2) is 12.2 Å². The van der Waals surface area contributed by atoms with Crippen LogP contribution in [0.15, 0.2) is 42.5 Å². The van der Waals surface area contributed by atoms with Gasteiger partial charge in [0.05, 0.1) is 6.10 Å². The number of amides is 1. The number of rotatable bonds is 5. The first-order chi connectivity index (χ1) is 13.8. The minimum atomic E-state index is -3.38. The number of aliphatic hydroxyl groups is 2. The SMILES string of the molecule is C=IC(F)(F)C1(O)c2ccccc2-c2ccc(OCC(=O)N3CC[C@@H](O)C3)cc21. The number of alkyl halides is 3. The van der Waals surface area contributed by atoms with Crippen molar-refractivity contribution >= 4 is 31.2 Å². The van der Waals surface area contributed by atoms with Gasteiger partial charge in [0.2, 0.25) is 0 Å². The fraction of sp³-hybridized carbons (Fsp3) is 0.333. The number of hydrogen-bond acceptors (Lipinski definition) is 4. The second-order valence-electron chi connectivity index (χ2n) is 7.17. The molecule has 2 aromatic carbocycles. The number of ether oxygens (including phenoxy) is 1. The topological polar surface area (TPSA) is 70.0 Å². The minimum Gasteiger partial charge on any atom is -0.484 e. The van der Waals surface area contributed by atoms with Gasteiger partial charge >= 0.3 is 3.93 Å². The molecule has 0 saturated carbocycles. The molecule has 1 unspecified atom stereocenters. The van der Waals surface area contributed by atoms with E-state index in [0.29, 0.717) is 24.1 Å². The van der Waals surface area contributed by atoms with Crippen LogP contribution in [-0.2, 0) is 10.4 Å². The Labute approximate surface area is 176 Å². The van der Waals surface area contributed by atoms with E-state index in [4.69, 9.17) is 4.74 Å². The maximum atomic E-state index is 14.9. The normalized spacial score (nSPS) is 23.0. The summed E-state index contributed by atoms with van der Waals surface area (Å²) in [6.45, 7) is 0.457. The van der Waals surface area contributed by atoms with Gasteiger partial charge in [-0.25, -0.2) is 0 Å². The summed E-state index contributed by atoms with van der Waals surface area (Å²) in [7, 11) is 0. The van der Waals surface area contributed by atoms with Gasteiger partial charge in [0.25, 0.3) is 5.91 Å². The van der Waals surface area contributed by atoms with Gasteiger partial charge < -0.3 is 19.8 Å². The maximum Gasteiger partial charge on any atom is 0.327 e. The van der Waals surface area contributed by atoms with Crippen LogP contribution in [0.5, 0.6) is 5.75 Å². The molecule has 0 aromatic heterocycles. The lowest BCUT2D eigenvalue weighted by Gasteiger charge is -2.31. The Morgan fingerprint density at radius 3 is 2.69 bits per heavy atom. The molecule has 2 atom stereocenters. The molecule has 1 saturated heterocycles. The van der Waals surface area contributed by atoms with E-state index < -0.39 is 36.4 Å². The van der Waals surface area contributed by atoms with Crippen molar-refractivity contribution < 1.29 is 28.5 Å². The summed E-state index contributed by atoms with van der Waals surface area (Å²) in [5.41, 5.74) is -1.19. The lowest BCUT2D eigenvalue weighted by atomic mass is 9.92. The van der Waals surface area contributed by atoms with Crippen molar-refractivity contribution in [2.75, 3.05) is 19.7 Å². The number of aliphatic hydroxyl groups excluding tert-OH is 1. The first-order valence-electron chi connectivity index (χ1n) is 9.10. The lowest BCUT2D eigenvalue weighted by molar-refractivity contribution is -0.132. The van der Waals surface area contributed by atoms with Gasteiger partial charge in [0, 0.05) is 24.2 Å². The zero-order valence-electron chi connectivity index (χ0n) is 15.4. The molecule has 4 rings (SSSR count). The summed E-state index contributed by atoms with van der Waals surface area (Å²) in [6, 6.07) is 11.2. The molecule has 154 valence electrons. The second-order valence-corrected chi connectivity index (χ2v) is 9.28. The molecular weight excluding hydrogens is 495 g/mol. The van der Waals surface area contributed by atoms with Crippen molar-refractivity contribution in [1.82, 2.24) is 4.90 Å². The van der Waals surface area contributed by atoms with Gasteiger partial charge in [0.1, 0.15) is 5.75 Å². The van der Waals surface area contributed by atoms with Crippen molar-refractivity contribution in [2.45, 2.75) is 22.1 Å². The molecule has 1 aliphatic heterocycles. The van der Waals surface area contributed by atoms with E-state index >= 15 is 0 Å². The van der Waals surface area contributed by atoms with Gasteiger partial charge in [-0.2, -0.15) is 8.78 Å². The summed E-state index contributed by atoms with van der Waals surface area (Å²) in [5.74, 6) is -0.0595. The van der Waals surface area contributed by atoms with Gasteiger partial charge in [-0.05, 0) is 50.4 Å². The highest BCUT2D eigenvalue weighted by molar-refractivity contribution is 14.2. The molecule has 2 N–H and O–H groups in total. The second kappa shape index (κ2) is 7.41. The predicted octanol–water partition coefficient (Wildman–Crippen LogP) is 2.87. The molecule has 5 nitrogen and oxygen atoms in total. The number of halogens is 3. The predicted molar refractivity (Wildman–Crippen MR) is 114 cm³/mol. The van der Waals surface area contributed by atoms with Crippen LogP contribution in [-0.4, -0.2) is 55.3 Å². The fourth-order valence-corrected chi connectivity index (χ4v) is 5.07. The summed E-state index contributed by atoms with van der Waals surface area (Å²) in [5, 5.41) is 20.8. The number of likely N-dealkylation sites (tertiary alicyclic amines) is 1. The highest BCUT2D eigenvalue weighted by Crippen LogP contribution is 2.58. The molecule has 1 fully saturated rings. The Balaban J connectivity index is 1.65. The van der Waals surface area contributed by atoms with Gasteiger partial charge in [-0.3, -0.25) is 4.79 Å². The smallest absolute Gasteiger partial charge is 0.327 e. The van der Waals surface area contributed by atoms with E-state index in [1.54, 1.807) is 30.3 Å². The van der Waals surface area contributed by atoms with E-state index in [0.717, 1.165) is 0 Å². The Hall–Kier alpha value is -1.91. The minimum absolute atomic E-state index is 0.0635. The standard InChI is InChI=1S/C21H20F2INO4/c1-24-21(22,23)20(28)17-5-3-2-4-15(17)16-7-6-14(10-18(16)20)29-12-19(27)25-9-8-13(26)11-25/h2-7,10,13,26,28H,1,8-9,11-12H2/t13-,20?/m1/s1. The number of hydrogen-bond donors (Lipinski definition) is 2. The molecule has 8 heteroatoms. The maximum absolute atomic E-state index is 14.9. The zero-order valence-corrected chi connectivity index (χ0v) is 17.6. The zero-order chi connectivity index (χ0) is 20.8. The third-order valence-corrected chi connectivity index (χ3v) is 7.18. The van der Waals surface area contributed by atoms with E-state index in [1.807, 2.05) is 0 Å². The molecule has 0 radical (unpaired) electrons. The van der Waals surface area contributed by atoms with Crippen molar-refractivity contribution in [2.24, 2.45) is 0 Å². The van der Waals surface area contributed by atoms with Crippen LogP contribution >= 0.6 is 20.7 Å². The molecule has 29 heavy (non-hydrogen) atoms. The first kappa shape index (κ1) is 20.4. The number of carbonyl (C=O) groups is 1. The van der Waals surface area contributed by atoms with Gasteiger partial charge in [-0.15, -0.1) is 0 Å². The Morgan fingerprint density at radius 2 is 2.00 bits per heavy atom. The van der Waals surface area contributed by atoms with Crippen molar-refractivity contribution in [3.63, 3.8) is 0 Å². The van der Waals surface area contributed by atoms with Crippen molar-refractivity contribution in [1.29, 1.82) is 0 Å². The molecular formula is C21H20F2INO4. The monoisotopic (exact) mass is 515 g/mol. The third-order valence-electron chi connectivity index (χ3n) is 5.44. The van der Waals surface area contributed by atoms with Crippen LogP contribution in [0.4, 0.5) is 8.78 Å². The Morgan fingerprint density at radius 1 is 1.28 bits per heavy atom. The Kier molecular flexibility index (Phi) is 5.20.